The Morgan fingerprint density at radius 1 is 1.52 bits per heavy atom. The third kappa shape index (κ3) is 3.92. The fourth-order valence-electron chi connectivity index (χ4n) is 2.10. The number of aliphatic carboxylic acids is 1. The first kappa shape index (κ1) is 15.3. The van der Waals surface area contributed by atoms with Crippen LogP contribution < -0.4 is 4.74 Å². The van der Waals surface area contributed by atoms with E-state index in [1.54, 1.807) is 18.2 Å². The van der Waals surface area contributed by atoms with Crippen molar-refractivity contribution < 1.29 is 19.0 Å². The Balaban J connectivity index is 1.89. The number of nitrogens with zero attached hydrogens (tertiary/aromatic N) is 1. The molecule has 0 radical (unpaired) electrons. The molecular weight excluding hydrogens is 273 g/mol. The molecule has 0 amide bonds. The van der Waals surface area contributed by atoms with Gasteiger partial charge in [-0.05, 0) is 23.3 Å². The molecule has 0 saturated carbocycles. The summed E-state index contributed by atoms with van der Waals surface area (Å²) in [5, 5.41) is 8.80. The van der Waals surface area contributed by atoms with Gasteiger partial charge in [0, 0.05) is 19.6 Å². The average molecular weight is 291 g/mol. The summed E-state index contributed by atoms with van der Waals surface area (Å²) in [6, 6.07) is 4.78. The van der Waals surface area contributed by atoms with Crippen LogP contribution in [0.15, 0.2) is 43.0 Å². The van der Waals surface area contributed by atoms with Crippen molar-refractivity contribution in [2.75, 3.05) is 19.7 Å². The number of carboxylic acids is 1. The number of hydrogen-bond donors (Lipinski definition) is 1. The molecule has 1 aromatic rings. The van der Waals surface area contributed by atoms with Crippen LogP contribution in [0.4, 0.5) is 4.39 Å². The molecule has 21 heavy (non-hydrogen) atoms. The van der Waals surface area contributed by atoms with Gasteiger partial charge in [0.05, 0.1) is 5.92 Å². The minimum Gasteiger partial charge on any atom is -0.486 e. The Morgan fingerprint density at radius 2 is 2.24 bits per heavy atom. The second-order valence-electron chi connectivity index (χ2n) is 5.15. The summed E-state index contributed by atoms with van der Waals surface area (Å²) in [4.78, 5) is 12.7. The Kier molecular flexibility index (Phi) is 4.75. The average Bonchev–Trinajstić information content (AvgIpc) is 2.40. The highest BCUT2D eigenvalue weighted by atomic mass is 19.1. The fourth-order valence-corrected chi connectivity index (χ4v) is 2.10. The molecule has 1 N–H and O–H groups in total. The van der Waals surface area contributed by atoms with Crippen LogP contribution >= 0.6 is 0 Å². The van der Waals surface area contributed by atoms with Crippen molar-refractivity contribution in [3.8, 4) is 5.75 Å². The third-order valence-corrected chi connectivity index (χ3v) is 3.41. The molecule has 0 bridgehead atoms. The van der Waals surface area contributed by atoms with Gasteiger partial charge in [-0.2, -0.15) is 0 Å². The number of ether oxygens (including phenoxy) is 1. The van der Waals surface area contributed by atoms with E-state index in [4.69, 9.17) is 9.84 Å². The Labute approximate surface area is 123 Å². The summed E-state index contributed by atoms with van der Waals surface area (Å²) in [6.07, 6.45) is 1.56. The lowest BCUT2D eigenvalue weighted by atomic mass is 9.99. The predicted octanol–water partition coefficient (Wildman–Crippen LogP) is 2.46. The molecule has 4 nitrogen and oxygen atoms in total. The summed E-state index contributed by atoms with van der Waals surface area (Å²) in [7, 11) is 0. The minimum atomic E-state index is -0.774. The molecule has 1 saturated heterocycles. The first-order valence-corrected chi connectivity index (χ1v) is 6.66. The van der Waals surface area contributed by atoms with E-state index in [-0.39, 0.29) is 18.3 Å². The molecule has 0 spiro atoms. The highest BCUT2D eigenvalue weighted by Crippen LogP contribution is 2.23. The zero-order chi connectivity index (χ0) is 15.4. The lowest BCUT2D eigenvalue weighted by Crippen LogP contribution is -2.49. The van der Waals surface area contributed by atoms with Gasteiger partial charge in [-0.15, -0.1) is 0 Å². The maximum absolute atomic E-state index is 13.9. The topological polar surface area (TPSA) is 49.8 Å². The second kappa shape index (κ2) is 6.54. The van der Waals surface area contributed by atoms with Crippen LogP contribution in [0, 0.1) is 11.7 Å². The van der Waals surface area contributed by atoms with Gasteiger partial charge in [-0.1, -0.05) is 25.3 Å². The summed E-state index contributed by atoms with van der Waals surface area (Å²) in [5.41, 5.74) is 1.48. The van der Waals surface area contributed by atoms with Gasteiger partial charge in [0.25, 0.3) is 0 Å². The number of rotatable bonds is 7. The molecule has 1 fully saturated rings. The lowest BCUT2D eigenvalue weighted by molar-refractivity contribution is -0.147. The predicted molar refractivity (Wildman–Crippen MR) is 77.6 cm³/mol. The van der Waals surface area contributed by atoms with Crippen molar-refractivity contribution in [2.45, 2.75) is 6.54 Å². The van der Waals surface area contributed by atoms with Crippen molar-refractivity contribution in [3.63, 3.8) is 0 Å². The SMILES string of the molecule is C=CC(=C)COc1ccc(CN2CC(C(=O)O)C2)cc1F. The lowest BCUT2D eigenvalue weighted by Gasteiger charge is -2.36. The first-order chi connectivity index (χ1) is 9.99. The molecule has 0 aliphatic carbocycles. The normalized spacial score (nSPS) is 15.3. The zero-order valence-corrected chi connectivity index (χ0v) is 11.7. The molecule has 112 valence electrons. The maximum Gasteiger partial charge on any atom is 0.309 e. The van der Waals surface area contributed by atoms with Crippen molar-refractivity contribution in [1.29, 1.82) is 0 Å². The van der Waals surface area contributed by atoms with Crippen molar-refractivity contribution in [1.82, 2.24) is 4.90 Å². The molecule has 1 aliphatic heterocycles. The molecular formula is C16H18FNO3. The largest absolute Gasteiger partial charge is 0.486 e. The van der Waals surface area contributed by atoms with Gasteiger partial charge in [-0.25, -0.2) is 4.39 Å². The molecule has 0 atom stereocenters. The third-order valence-electron chi connectivity index (χ3n) is 3.41. The van der Waals surface area contributed by atoms with Crippen molar-refractivity contribution in [3.05, 3.63) is 54.4 Å². The summed E-state index contributed by atoms with van der Waals surface area (Å²) in [5.74, 6) is -1.33. The number of carboxylic acid groups (broad SMARTS) is 1. The Bertz CT molecular complexity index is 565. The van der Waals surface area contributed by atoms with Gasteiger partial charge in [0.2, 0.25) is 0 Å². The molecule has 5 heteroatoms. The molecule has 2 rings (SSSR count). The molecule has 0 unspecified atom stereocenters. The first-order valence-electron chi connectivity index (χ1n) is 6.66. The van der Waals surface area contributed by atoms with Crippen LogP contribution in [0.5, 0.6) is 5.75 Å². The van der Waals surface area contributed by atoms with E-state index in [0.717, 1.165) is 5.56 Å². The van der Waals surface area contributed by atoms with E-state index < -0.39 is 11.8 Å². The number of halogens is 1. The van der Waals surface area contributed by atoms with Gasteiger partial charge in [0.1, 0.15) is 6.61 Å². The smallest absolute Gasteiger partial charge is 0.309 e. The molecule has 1 aromatic carbocycles. The van der Waals surface area contributed by atoms with Crippen LogP contribution in [-0.4, -0.2) is 35.7 Å². The van der Waals surface area contributed by atoms with Gasteiger partial charge >= 0.3 is 5.97 Å². The monoisotopic (exact) mass is 291 g/mol. The van der Waals surface area contributed by atoms with Crippen molar-refractivity contribution >= 4 is 5.97 Å². The maximum atomic E-state index is 13.9. The van der Waals surface area contributed by atoms with Crippen LogP contribution in [0.1, 0.15) is 5.56 Å². The van der Waals surface area contributed by atoms with E-state index in [9.17, 15) is 9.18 Å². The Hall–Kier alpha value is -2.14. The number of likely N-dealkylation sites (tertiary alicyclic amines) is 1. The quantitative estimate of drug-likeness (QED) is 0.784. The van der Waals surface area contributed by atoms with Gasteiger partial charge in [-0.3, -0.25) is 9.69 Å². The van der Waals surface area contributed by atoms with E-state index in [0.29, 0.717) is 25.2 Å². The number of hydrogen-bond acceptors (Lipinski definition) is 3. The van der Waals surface area contributed by atoms with Crippen LogP contribution in [0.3, 0.4) is 0 Å². The van der Waals surface area contributed by atoms with Crippen molar-refractivity contribution in [2.24, 2.45) is 5.92 Å². The molecule has 1 aliphatic rings. The second-order valence-corrected chi connectivity index (χ2v) is 5.15. The van der Waals surface area contributed by atoms with Gasteiger partial charge in [0.15, 0.2) is 11.6 Å². The van der Waals surface area contributed by atoms with E-state index in [1.165, 1.54) is 6.07 Å². The number of carbonyl (C=O) groups is 1. The molecule has 1 heterocycles. The van der Waals surface area contributed by atoms with Crippen LogP contribution in [0.2, 0.25) is 0 Å². The highest BCUT2D eigenvalue weighted by molar-refractivity contribution is 5.71. The van der Waals surface area contributed by atoms with E-state index in [1.807, 2.05) is 4.90 Å². The number of benzene rings is 1. The standard InChI is InChI=1S/C16H18FNO3/c1-3-11(2)10-21-15-5-4-12(6-14(15)17)7-18-8-13(9-18)16(19)20/h3-6,13H,1-2,7-10H2,(H,19,20). The van der Waals surface area contributed by atoms with Gasteiger partial charge < -0.3 is 9.84 Å². The molecule has 0 aromatic heterocycles. The zero-order valence-electron chi connectivity index (χ0n) is 11.7. The van der Waals surface area contributed by atoms with Crippen LogP contribution in [0.25, 0.3) is 0 Å². The fraction of sp³-hybridized carbons (Fsp3) is 0.312. The summed E-state index contributed by atoms with van der Waals surface area (Å²) in [6.45, 7) is 9.01. The summed E-state index contributed by atoms with van der Waals surface area (Å²) >= 11 is 0. The summed E-state index contributed by atoms with van der Waals surface area (Å²) < 4.78 is 19.2. The van der Waals surface area contributed by atoms with E-state index >= 15 is 0 Å². The van der Waals surface area contributed by atoms with E-state index in [2.05, 4.69) is 13.2 Å². The Morgan fingerprint density at radius 3 is 2.81 bits per heavy atom. The van der Waals surface area contributed by atoms with Crippen LogP contribution in [-0.2, 0) is 11.3 Å². The highest BCUT2D eigenvalue weighted by Gasteiger charge is 2.32. The minimum absolute atomic E-state index is 0.175.